The molecule has 1 heterocycles. The Hall–Kier alpha value is -2.38. The molecule has 0 unspecified atom stereocenters. The highest BCUT2D eigenvalue weighted by Crippen LogP contribution is 2.19. The molecule has 1 aliphatic rings. The van der Waals surface area contributed by atoms with E-state index in [4.69, 9.17) is 5.11 Å². The lowest BCUT2D eigenvalue weighted by atomic mass is 10.2. The molecule has 8 heteroatoms. The summed E-state index contributed by atoms with van der Waals surface area (Å²) < 4.78 is 1.09. The topological polar surface area (TPSA) is 114 Å². The van der Waals surface area contributed by atoms with Gasteiger partial charge in [0.1, 0.15) is 12.2 Å². The lowest BCUT2D eigenvalue weighted by Crippen LogP contribution is -2.35. The van der Waals surface area contributed by atoms with Crippen LogP contribution in [0.1, 0.15) is 36.2 Å². The minimum atomic E-state index is -1.30. The number of amides is 1. The van der Waals surface area contributed by atoms with Gasteiger partial charge in [-0.3, -0.25) is 14.9 Å². The summed E-state index contributed by atoms with van der Waals surface area (Å²) in [6.45, 7) is -0.230. The molecule has 0 atom stereocenters. The molecule has 20 heavy (non-hydrogen) atoms. The number of hydrogen-bond donors (Lipinski definition) is 2. The van der Waals surface area contributed by atoms with Gasteiger partial charge in [-0.2, -0.15) is 0 Å². The second-order valence-corrected chi connectivity index (χ2v) is 4.82. The fourth-order valence-electron chi connectivity index (χ4n) is 2.40. The highest BCUT2D eigenvalue weighted by Gasteiger charge is 2.22. The first-order valence-corrected chi connectivity index (χ1v) is 6.34. The molecule has 2 N–H and O–H groups in total. The lowest BCUT2D eigenvalue weighted by molar-refractivity contribution is -0.384. The van der Waals surface area contributed by atoms with Crippen LogP contribution in [0, 0.1) is 10.1 Å². The molecule has 8 nitrogen and oxygen atoms in total. The molecule has 1 aromatic rings. The molecule has 0 aliphatic heterocycles. The summed E-state index contributed by atoms with van der Waals surface area (Å²) in [5.41, 5.74) is -0.602. The van der Waals surface area contributed by atoms with Crippen molar-refractivity contribution in [2.24, 2.45) is 0 Å². The number of aromatic carboxylic acids is 1. The largest absolute Gasteiger partial charge is 0.477 e. The molecule has 1 amide bonds. The minimum absolute atomic E-state index is 0.126. The zero-order valence-electron chi connectivity index (χ0n) is 10.7. The van der Waals surface area contributed by atoms with Crippen molar-refractivity contribution in [2.45, 2.75) is 38.3 Å². The molecule has 0 saturated heterocycles. The van der Waals surface area contributed by atoms with Crippen molar-refractivity contribution in [1.29, 1.82) is 0 Å². The van der Waals surface area contributed by atoms with E-state index in [0.29, 0.717) is 0 Å². The van der Waals surface area contributed by atoms with Gasteiger partial charge in [-0.25, -0.2) is 4.79 Å². The standard InChI is InChI=1S/C12H15N3O5/c16-11(13-8-3-1-2-4-8)7-14-6-9(15(19)20)5-10(14)12(17)18/h5-6,8H,1-4,7H2,(H,13,16)(H,17,18). The summed E-state index contributed by atoms with van der Waals surface area (Å²) in [5.74, 6) is -1.63. The Kier molecular flexibility index (Phi) is 4.02. The molecule has 108 valence electrons. The maximum Gasteiger partial charge on any atom is 0.352 e. The number of carboxylic acid groups (broad SMARTS) is 1. The van der Waals surface area contributed by atoms with E-state index >= 15 is 0 Å². The first-order chi connectivity index (χ1) is 9.47. The first-order valence-electron chi connectivity index (χ1n) is 6.34. The highest BCUT2D eigenvalue weighted by molar-refractivity contribution is 5.88. The van der Waals surface area contributed by atoms with E-state index in [0.717, 1.165) is 42.5 Å². The molecule has 2 rings (SSSR count). The lowest BCUT2D eigenvalue weighted by Gasteiger charge is -2.12. The summed E-state index contributed by atoms with van der Waals surface area (Å²) in [5, 5.41) is 22.4. The predicted molar refractivity (Wildman–Crippen MR) is 68.4 cm³/mol. The van der Waals surface area contributed by atoms with Gasteiger partial charge in [0.25, 0.3) is 5.69 Å². The molecular formula is C12H15N3O5. The van der Waals surface area contributed by atoms with Crippen LogP contribution in [0.5, 0.6) is 0 Å². The molecule has 1 saturated carbocycles. The van der Waals surface area contributed by atoms with Gasteiger partial charge in [-0.15, -0.1) is 0 Å². The summed E-state index contributed by atoms with van der Waals surface area (Å²) in [6, 6.07) is 1.08. The smallest absolute Gasteiger partial charge is 0.352 e. The van der Waals surface area contributed by atoms with Crippen LogP contribution in [0.3, 0.4) is 0 Å². The van der Waals surface area contributed by atoms with Crippen molar-refractivity contribution >= 4 is 17.6 Å². The Bertz CT molecular complexity index is 545. The van der Waals surface area contributed by atoms with E-state index in [1.807, 2.05) is 0 Å². The van der Waals surface area contributed by atoms with Crippen molar-refractivity contribution in [1.82, 2.24) is 9.88 Å². The van der Waals surface area contributed by atoms with Crippen LogP contribution in [0.2, 0.25) is 0 Å². The third-order valence-corrected chi connectivity index (χ3v) is 3.35. The molecule has 1 aromatic heterocycles. The Labute approximate surface area is 114 Å². The van der Waals surface area contributed by atoms with Crippen LogP contribution >= 0.6 is 0 Å². The number of hydrogen-bond acceptors (Lipinski definition) is 4. The van der Waals surface area contributed by atoms with Crippen LogP contribution in [-0.2, 0) is 11.3 Å². The second kappa shape index (κ2) is 5.72. The van der Waals surface area contributed by atoms with Crippen LogP contribution < -0.4 is 5.32 Å². The molecule has 0 spiro atoms. The third kappa shape index (κ3) is 3.14. The van der Waals surface area contributed by atoms with E-state index in [1.54, 1.807) is 0 Å². The van der Waals surface area contributed by atoms with E-state index < -0.39 is 10.9 Å². The highest BCUT2D eigenvalue weighted by atomic mass is 16.6. The molecular weight excluding hydrogens is 266 g/mol. The fourth-order valence-corrected chi connectivity index (χ4v) is 2.40. The minimum Gasteiger partial charge on any atom is -0.477 e. The van der Waals surface area contributed by atoms with Crippen molar-refractivity contribution in [3.63, 3.8) is 0 Å². The molecule has 0 radical (unpaired) electrons. The summed E-state index contributed by atoms with van der Waals surface area (Å²) >= 11 is 0. The predicted octanol–water partition coefficient (Wildman–Crippen LogP) is 1.15. The number of carboxylic acids is 1. The van der Waals surface area contributed by atoms with Gasteiger partial charge in [0.15, 0.2) is 0 Å². The van der Waals surface area contributed by atoms with Crippen molar-refractivity contribution in [2.75, 3.05) is 0 Å². The van der Waals surface area contributed by atoms with E-state index in [2.05, 4.69) is 5.32 Å². The maximum atomic E-state index is 11.8. The summed E-state index contributed by atoms with van der Waals surface area (Å²) in [7, 11) is 0. The first kappa shape index (κ1) is 14.0. The zero-order chi connectivity index (χ0) is 14.7. The number of carbonyl (C=O) groups excluding carboxylic acids is 1. The number of nitro groups is 1. The van der Waals surface area contributed by atoms with Gasteiger partial charge in [-0.05, 0) is 12.8 Å². The Balaban J connectivity index is 2.08. The molecule has 0 bridgehead atoms. The van der Waals surface area contributed by atoms with Gasteiger partial charge >= 0.3 is 5.97 Å². The summed E-state index contributed by atoms with van der Waals surface area (Å²) in [4.78, 5) is 32.8. The number of aromatic nitrogens is 1. The molecule has 0 aromatic carbocycles. The van der Waals surface area contributed by atoms with E-state index in [9.17, 15) is 19.7 Å². The summed E-state index contributed by atoms with van der Waals surface area (Å²) in [6.07, 6.45) is 5.05. The Morgan fingerprint density at radius 3 is 2.65 bits per heavy atom. The Morgan fingerprint density at radius 1 is 1.45 bits per heavy atom. The molecule has 1 aliphatic carbocycles. The normalized spacial score (nSPS) is 15.2. The third-order valence-electron chi connectivity index (χ3n) is 3.35. The number of carbonyl (C=O) groups is 2. The Morgan fingerprint density at radius 2 is 2.10 bits per heavy atom. The van der Waals surface area contributed by atoms with Gasteiger partial charge in [0.05, 0.1) is 11.1 Å². The van der Waals surface area contributed by atoms with Crippen LogP contribution in [0.15, 0.2) is 12.3 Å². The number of nitrogens with zero attached hydrogens (tertiary/aromatic N) is 2. The van der Waals surface area contributed by atoms with Gasteiger partial charge in [-0.1, -0.05) is 12.8 Å². The monoisotopic (exact) mass is 281 g/mol. The van der Waals surface area contributed by atoms with Crippen LogP contribution in [0.4, 0.5) is 5.69 Å². The van der Waals surface area contributed by atoms with Crippen molar-refractivity contribution in [3.8, 4) is 0 Å². The van der Waals surface area contributed by atoms with Gasteiger partial charge in [0, 0.05) is 12.1 Å². The van der Waals surface area contributed by atoms with Crippen LogP contribution in [-0.4, -0.2) is 32.5 Å². The second-order valence-electron chi connectivity index (χ2n) is 4.82. The zero-order valence-corrected chi connectivity index (χ0v) is 10.7. The SMILES string of the molecule is O=C(Cn1cc([N+](=O)[O-])cc1C(=O)O)NC1CCCC1. The average Bonchev–Trinajstić information content (AvgIpc) is 2.98. The van der Waals surface area contributed by atoms with E-state index in [-0.39, 0.29) is 29.9 Å². The maximum absolute atomic E-state index is 11.8. The quantitative estimate of drug-likeness (QED) is 0.620. The van der Waals surface area contributed by atoms with Gasteiger partial charge < -0.3 is 15.0 Å². The number of rotatable bonds is 5. The van der Waals surface area contributed by atoms with E-state index in [1.165, 1.54) is 0 Å². The van der Waals surface area contributed by atoms with Crippen molar-refractivity contribution in [3.05, 3.63) is 28.1 Å². The van der Waals surface area contributed by atoms with Crippen molar-refractivity contribution < 1.29 is 19.6 Å². The van der Waals surface area contributed by atoms with Gasteiger partial charge in [0.2, 0.25) is 5.91 Å². The fraction of sp³-hybridized carbons (Fsp3) is 0.500. The molecule has 1 fully saturated rings. The number of nitrogens with one attached hydrogen (secondary N) is 1. The average molecular weight is 281 g/mol. The van der Waals surface area contributed by atoms with Crippen LogP contribution in [0.25, 0.3) is 0 Å².